The van der Waals surface area contributed by atoms with Crippen LogP contribution in [0.4, 0.5) is 4.39 Å². The number of carbonyl (C=O) groups is 1. The lowest BCUT2D eigenvalue weighted by Gasteiger charge is -2.23. The van der Waals surface area contributed by atoms with Gasteiger partial charge >= 0.3 is 5.97 Å². The largest absolute Gasteiger partial charge is 0.480 e. The Morgan fingerprint density at radius 1 is 1.32 bits per heavy atom. The number of hydrogen-bond donors (Lipinski definition) is 1. The highest BCUT2D eigenvalue weighted by atomic mass is 32.2. The van der Waals surface area contributed by atoms with Crippen molar-refractivity contribution < 1.29 is 22.7 Å². The van der Waals surface area contributed by atoms with E-state index in [1.165, 1.54) is 0 Å². The molecule has 1 saturated heterocycles. The second-order valence-corrected chi connectivity index (χ2v) is 6.86. The molecule has 7 heteroatoms. The summed E-state index contributed by atoms with van der Waals surface area (Å²) in [5, 5.41) is 9.17. The summed E-state index contributed by atoms with van der Waals surface area (Å²) in [6.45, 7) is 0.237. The van der Waals surface area contributed by atoms with Crippen LogP contribution in [0.2, 0.25) is 0 Å². The number of piperidine rings is 1. The van der Waals surface area contributed by atoms with Crippen molar-refractivity contribution in [3.63, 3.8) is 0 Å². The third kappa shape index (κ3) is 1.93. The lowest BCUT2D eigenvalue weighted by atomic mass is 10.2. The van der Waals surface area contributed by atoms with Crippen molar-refractivity contribution in [3.05, 3.63) is 30.1 Å². The van der Waals surface area contributed by atoms with Crippen LogP contribution < -0.4 is 0 Å². The number of aliphatic carboxylic acids is 1. The summed E-state index contributed by atoms with van der Waals surface area (Å²) in [6, 6.07) is 3.44. The van der Waals surface area contributed by atoms with Gasteiger partial charge < -0.3 is 5.11 Å². The Kier molecular flexibility index (Phi) is 2.65. The van der Waals surface area contributed by atoms with Gasteiger partial charge in [0.1, 0.15) is 11.9 Å². The second kappa shape index (κ2) is 4.01. The Labute approximate surface area is 109 Å². The van der Waals surface area contributed by atoms with Crippen molar-refractivity contribution in [2.75, 3.05) is 6.54 Å². The van der Waals surface area contributed by atoms with E-state index in [0.717, 1.165) is 35.0 Å². The zero-order valence-corrected chi connectivity index (χ0v) is 10.7. The molecule has 0 unspecified atom stereocenters. The van der Waals surface area contributed by atoms with E-state index in [1.807, 2.05) is 0 Å². The molecule has 0 spiro atoms. The van der Waals surface area contributed by atoms with Gasteiger partial charge in [0.25, 0.3) is 0 Å². The summed E-state index contributed by atoms with van der Waals surface area (Å²) in [5.74, 6) is -1.57. The normalized spacial score (nSPS) is 30.1. The van der Waals surface area contributed by atoms with Crippen LogP contribution in [0.1, 0.15) is 6.42 Å². The lowest BCUT2D eigenvalue weighted by Crippen LogP contribution is -2.43. The number of fused-ring (bicyclic) bond motifs is 1. The summed E-state index contributed by atoms with van der Waals surface area (Å²) < 4.78 is 38.6. The molecule has 0 amide bonds. The fourth-order valence-electron chi connectivity index (χ4n) is 2.72. The maximum absolute atomic E-state index is 12.8. The highest BCUT2D eigenvalue weighted by Gasteiger charge is 2.59. The molecule has 1 aromatic rings. The number of carboxylic acids is 1. The van der Waals surface area contributed by atoms with Gasteiger partial charge in [0.2, 0.25) is 10.0 Å². The van der Waals surface area contributed by atoms with Gasteiger partial charge in [0.05, 0.1) is 4.90 Å². The molecule has 2 aliphatic rings. The zero-order chi connectivity index (χ0) is 13.8. The molecule has 0 bridgehead atoms. The van der Waals surface area contributed by atoms with Crippen LogP contribution in [0.15, 0.2) is 29.2 Å². The highest BCUT2D eigenvalue weighted by Crippen LogP contribution is 2.51. The lowest BCUT2D eigenvalue weighted by molar-refractivity contribution is -0.141. The molecule has 2 fully saturated rings. The summed E-state index contributed by atoms with van der Waals surface area (Å²) in [5.41, 5.74) is 0. The minimum atomic E-state index is -3.87. The monoisotopic (exact) mass is 285 g/mol. The van der Waals surface area contributed by atoms with Crippen molar-refractivity contribution in [2.45, 2.75) is 17.4 Å². The Hall–Kier alpha value is -1.47. The zero-order valence-electron chi connectivity index (χ0n) is 9.86. The standard InChI is InChI=1S/C12H12FNO4S/c13-8-1-3-9(4-2-8)19(17,18)14-6-7-5-10(7)11(14)12(15)16/h1-4,7,10-11H,5-6H2,(H,15,16)/t7-,10-,11+/m0/s1. The van der Waals surface area contributed by atoms with E-state index in [4.69, 9.17) is 5.11 Å². The van der Waals surface area contributed by atoms with Crippen molar-refractivity contribution >= 4 is 16.0 Å². The number of benzene rings is 1. The molecule has 19 heavy (non-hydrogen) atoms. The number of nitrogens with zero attached hydrogens (tertiary/aromatic N) is 1. The third-order valence-corrected chi connectivity index (χ3v) is 5.64. The van der Waals surface area contributed by atoms with E-state index < -0.39 is 27.9 Å². The summed E-state index contributed by atoms with van der Waals surface area (Å²) >= 11 is 0. The van der Waals surface area contributed by atoms with Crippen LogP contribution in [0.3, 0.4) is 0 Å². The second-order valence-electron chi connectivity index (χ2n) is 4.97. The first-order chi connectivity index (χ1) is 8.91. The van der Waals surface area contributed by atoms with Crippen LogP contribution in [-0.2, 0) is 14.8 Å². The maximum atomic E-state index is 12.8. The SMILES string of the molecule is O=C(O)[C@H]1[C@H]2C[C@H]2CN1S(=O)(=O)c1ccc(F)cc1. The average Bonchev–Trinajstić information content (AvgIpc) is 2.99. The van der Waals surface area contributed by atoms with E-state index in [-0.39, 0.29) is 23.3 Å². The first kappa shape index (κ1) is 12.6. The predicted molar refractivity (Wildman–Crippen MR) is 63.3 cm³/mol. The minimum Gasteiger partial charge on any atom is -0.480 e. The minimum absolute atomic E-state index is 0.0681. The van der Waals surface area contributed by atoms with E-state index in [9.17, 15) is 17.6 Å². The average molecular weight is 285 g/mol. The molecule has 5 nitrogen and oxygen atoms in total. The molecule has 0 aromatic heterocycles. The molecule has 102 valence electrons. The van der Waals surface area contributed by atoms with Crippen LogP contribution in [0.25, 0.3) is 0 Å². The molecule has 1 aliphatic heterocycles. The van der Waals surface area contributed by atoms with Crippen molar-refractivity contribution in [3.8, 4) is 0 Å². The van der Waals surface area contributed by atoms with Crippen LogP contribution in [0, 0.1) is 17.7 Å². The fourth-order valence-corrected chi connectivity index (χ4v) is 4.41. The number of sulfonamides is 1. The quantitative estimate of drug-likeness (QED) is 0.896. The van der Waals surface area contributed by atoms with E-state index in [2.05, 4.69) is 0 Å². The molecule has 1 N–H and O–H groups in total. The van der Waals surface area contributed by atoms with Gasteiger partial charge in [0, 0.05) is 6.54 Å². The maximum Gasteiger partial charge on any atom is 0.322 e. The van der Waals surface area contributed by atoms with Gasteiger partial charge in [-0.3, -0.25) is 4.79 Å². The topological polar surface area (TPSA) is 74.7 Å². The molecular weight excluding hydrogens is 273 g/mol. The first-order valence-corrected chi connectivity index (χ1v) is 7.35. The molecule has 1 aromatic carbocycles. The van der Waals surface area contributed by atoms with E-state index in [1.54, 1.807) is 0 Å². The molecule has 1 saturated carbocycles. The Morgan fingerprint density at radius 3 is 2.53 bits per heavy atom. The molecule has 1 aliphatic carbocycles. The van der Waals surface area contributed by atoms with Gasteiger partial charge in [-0.15, -0.1) is 0 Å². The summed E-state index contributed by atoms with van der Waals surface area (Å²) in [7, 11) is -3.87. The fraction of sp³-hybridized carbons (Fsp3) is 0.417. The van der Waals surface area contributed by atoms with Crippen LogP contribution >= 0.6 is 0 Å². The molecule has 0 radical (unpaired) electrons. The smallest absolute Gasteiger partial charge is 0.322 e. The Bertz CT molecular complexity index is 628. The Morgan fingerprint density at radius 2 is 1.95 bits per heavy atom. The predicted octanol–water partition coefficient (Wildman–Crippen LogP) is 0.919. The van der Waals surface area contributed by atoms with E-state index in [0.29, 0.717) is 0 Å². The summed E-state index contributed by atoms with van der Waals surface area (Å²) in [6.07, 6.45) is 0.770. The van der Waals surface area contributed by atoms with Crippen molar-refractivity contribution in [1.29, 1.82) is 0 Å². The Balaban J connectivity index is 1.96. The van der Waals surface area contributed by atoms with Crippen LogP contribution in [0.5, 0.6) is 0 Å². The molecule has 3 atom stereocenters. The van der Waals surface area contributed by atoms with Crippen molar-refractivity contribution in [1.82, 2.24) is 4.31 Å². The number of hydrogen-bond acceptors (Lipinski definition) is 3. The van der Waals surface area contributed by atoms with Gasteiger partial charge in [-0.05, 0) is 42.5 Å². The van der Waals surface area contributed by atoms with Crippen LogP contribution in [-0.4, -0.2) is 36.4 Å². The summed E-state index contributed by atoms with van der Waals surface area (Å²) in [4.78, 5) is 11.1. The van der Waals surface area contributed by atoms with Gasteiger partial charge in [-0.1, -0.05) is 0 Å². The molecule has 1 heterocycles. The molecular formula is C12H12FNO4S. The van der Waals surface area contributed by atoms with Gasteiger partial charge in [0.15, 0.2) is 0 Å². The first-order valence-electron chi connectivity index (χ1n) is 5.91. The van der Waals surface area contributed by atoms with Gasteiger partial charge in [-0.2, -0.15) is 4.31 Å². The molecule has 3 rings (SSSR count). The highest BCUT2D eigenvalue weighted by molar-refractivity contribution is 7.89. The van der Waals surface area contributed by atoms with Gasteiger partial charge in [-0.25, -0.2) is 12.8 Å². The number of rotatable bonds is 3. The number of carboxylic acid groups (broad SMARTS) is 1. The van der Waals surface area contributed by atoms with E-state index >= 15 is 0 Å². The number of halogens is 1. The van der Waals surface area contributed by atoms with Crippen molar-refractivity contribution in [2.24, 2.45) is 11.8 Å². The third-order valence-electron chi connectivity index (χ3n) is 3.78.